The molecule has 0 bridgehead atoms. The van der Waals surface area contributed by atoms with Gasteiger partial charge in [-0.25, -0.2) is 13.1 Å². The summed E-state index contributed by atoms with van der Waals surface area (Å²) in [5.41, 5.74) is -0.886. The van der Waals surface area contributed by atoms with E-state index >= 15 is 0 Å². The summed E-state index contributed by atoms with van der Waals surface area (Å²) in [5, 5.41) is 9.97. The van der Waals surface area contributed by atoms with E-state index in [-0.39, 0.29) is 21.5 Å². The fourth-order valence-corrected chi connectivity index (χ4v) is 3.88. The Morgan fingerprint density at radius 2 is 1.90 bits per heavy atom. The van der Waals surface area contributed by atoms with E-state index in [1.807, 2.05) is 0 Å². The minimum Gasteiger partial charge on any atom is -0.394 e. The van der Waals surface area contributed by atoms with Crippen LogP contribution in [0, 0.1) is 0 Å². The Morgan fingerprint density at radius 1 is 1.25 bits per heavy atom. The van der Waals surface area contributed by atoms with Crippen LogP contribution in [0.4, 0.5) is 0 Å². The van der Waals surface area contributed by atoms with Crippen molar-refractivity contribution in [1.82, 2.24) is 4.72 Å². The zero-order valence-corrected chi connectivity index (χ0v) is 12.9. The van der Waals surface area contributed by atoms with Crippen molar-refractivity contribution in [2.75, 3.05) is 19.8 Å². The average Bonchev–Trinajstić information content (AvgIpc) is 2.42. The van der Waals surface area contributed by atoms with Crippen LogP contribution in [0.5, 0.6) is 0 Å². The van der Waals surface area contributed by atoms with Gasteiger partial charge in [0.05, 0.1) is 27.1 Å². The molecule has 8 heteroatoms. The van der Waals surface area contributed by atoms with Crippen molar-refractivity contribution in [3.05, 3.63) is 28.2 Å². The minimum atomic E-state index is -3.78. The van der Waals surface area contributed by atoms with Crippen molar-refractivity contribution in [2.45, 2.75) is 23.3 Å². The smallest absolute Gasteiger partial charge is 0.241 e. The summed E-state index contributed by atoms with van der Waals surface area (Å²) in [6.45, 7) is 0.534. The van der Waals surface area contributed by atoms with E-state index in [4.69, 9.17) is 27.9 Å². The summed E-state index contributed by atoms with van der Waals surface area (Å²) in [7, 11) is -3.78. The van der Waals surface area contributed by atoms with E-state index in [2.05, 4.69) is 4.72 Å². The highest BCUT2D eigenvalue weighted by Crippen LogP contribution is 2.27. The Balaban J connectivity index is 2.27. The number of ether oxygens (including phenoxy) is 1. The molecule has 1 saturated heterocycles. The number of aliphatic hydroxyl groups excluding tert-OH is 1. The lowest BCUT2D eigenvalue weighted by atomic mass is 9.93. The number of hydrogen-bond donors (Lipinski definition) is 2. The second-order valence-electron chi connectivity index (χ2n) is 4.73. The first-order chi connectivity index (χ1) is 9.38. The molecule has 1 aromatic carbocycles. The molecule has 20 heavy (non-hydrogen) atoms. The minimum absolute atomic E-state index is 0.0196. The average molecular weight is 340 g/mol. The lowest BCUT2D eigenvalue weighted by Gasteiger charge is -2.35. The molecule has 1 aromatic rings. The van der Waals surface area contributed by atoms with Gasteiger partial charge in [0.15, 0.2) is 0 Å². The maximum Gasteiger partial charge on any atom is 0.241 e. The summed E-state index contributed by atoms with van der Waals surface area (Å²) in [6.07, 6.45) is 0.841. The predicted molar refractivity (Wildman–Crippen MR) is 76.7 cm³/mol. The molecule has 0 aliphatic carbocycles. The first-order valence-corrected chi connectivity index (χ1v) is 8.30. The van der Waals surface area contributed by atoms with Crippen LogP contribution in [-0.4, -0.2) is 38.9 Å². The van der Waals surface area contributed by atoms with Gasteiger partial charge in [-0.2, -0.15) is 0 Å². The molecule has 0 amide bonds. The number of rotatable bonds is 4. The SMILES string of the molecule is O=S(=O)(NC1(CO)CCOCC1)c1ccc(Cl)c(Cl)c1. The summed E-state index contributed by atoms with van der Waals surface area (Å²) in [6, 6.07) is 4.09. The Kier molecular flexibility index (Phi) is 4.94. The second-order valence-corrected chi connectivity index (χ2v) is 7.23. The largest absolute Gasteiger partial charge is 0.394 e. The molecule has 0 atom stereocenters. The van der Waals surface area contributed by atoms with E-state index in [0.717, 1.165) is 0 Å². The zero-order valence-electron chi connectivity index (χ0n) is 10.6. The quantitative estimate of drug-likeness (QED) is 0.877. The summed E-state index contributed by atoms with van der Waals surface area (Å²) in [5.74, 6) is 0. The predicted octanol–water partition coefficient (Wildman–Crippen LogP) is 1.81. The summed E-state index contributed by atoms with van der Waals surface area (Å²) in [4.78, 5) is 0.0196. The van der Waals surface area contributed by atoms with E-state index in [9.17, 15) is 13.5 Å². The van der Waals surface area contributed by atoms with E-state index in [1.54, 1.807) is 0 Å². The molecule has 112 valence electrons. The Bertz CT molecular complexity index is 585. The number of sulfonamides is 1. The van der Waals surface area contributed by atoms with Gasteiger partial charge in [0.2, 0.25) is 10.0 Å². The monoisotopic (exact) mass is 339 g/mol. The molecule has 1 fully saturated rings. The van der Waals surface area contributed by atoms with E-state index in [1.165, 1.54) is 18.2 Å². The van der Waals surface area contributed by atoms with Crippen LogP contribution in [0.3, 0.4) is 0 Å². The van der Waals surface area contributed by atoms with Crippen LogP contribution in [0.15, 0.2) is 23.1 Å². The zero-order chi connectivity index (χ0) is 14.8. The standard InChI is InChI=1S/C12H15Cl2NO4S/c13-10-2-1-9(7-11(10)14)20(17,18)15-12(8-16)3-5-19-6-4-12/h1-2,7,15-16H,3-6,8H2. The number of hydrogen-bond acceptors (Lipinski definition) is 4. The number of nitrogens with one attached hydrogen (secondary N) is 1. The Hall–Kier alpha value is -0.370. The third-order valence-corrected chi connectivity index (χ3v) is 5.62. The fourth-order valence-electron chi connectivity index (χ4n) is 2.04. The molecule has 0 saturated carbocycles. The molecule has 5 nitrogen and oxygen atoms in total. The number of halogens is 2. The van der Waals surface area contributed by atoms with Gasteiger partial charge in [0.25, 0.3) is 0 Å². The van der Waals surface area contributed by atoms with Crippen LogP contribution in [-0.2, 0) is 14.8 Å². The third kappa shape index (κ3) is 3.44. The Labute approximate surface area is 127 Å². The lowest BCUT2D eigenvalue weighted by molar-refractivity contribution is 0.0223. The molecule has 0 radical (unpaired) electrons. The van der Waals surface area contributed by atoms with E-state index in [0.29, 0.717) is 26.1 Å². The summed E-state index contributed by atoms with van der Waals surface area (Å²) >= 11 is 11.6. The van der Waals surface area contributed by atoms with Crippen molar-refractivity contribution in [3.63, 3.8) is 0 Å². The van der Waals surface area contributed by atoms with Crippen LogP contribution in [0.2, 0.25) is 10.0 Å². The van der Waals surface area contributed by atoms with Crippen molar-refractivity contribution >= 4 is 33.2 Å². The topological polar surface area (TPSA) is 75.6 Å². The normalized spacial score (nSPS) is 18.9. The van der Waals surface area contributed by atoms with Crippen LogP contribution < -0.4 is 4.72 Å². The van der Waals surface area contributed by atoms with Crippen LogP contribution in [0.1, 0.15) is 12.8 Å². The highest BCUT2D eigenvalue weighted by atomic mass is 35.5. The second kappa shape index (κ2) is 6.17. The van der Waals surface area contributed by atoms with Gasteiger partial charge in [0, 0.05) is 13.2 Å². The highest BCUT2D eigenvalue weighted by molar-refractivity contribution is 7.89. The maximum absolute atomic E-state index is 12.4. The molecule has 1 heterocycles. The molecule has 0 aromatic heterocycles. The lowest BCUT2D eigenvalue weighted by Crippen LogP contribution is -2.54. The highest BCUT2D eigenvalue weighted by Gasteiger charge is 2.36. The number of benzene rings is 1. The van der Waals surface area contributed by atoms with Gasteiger partial charge in [-0.15, -0.1) is 0 Å². The van der Waals surface area contributed by atoms with Gasteiger partial charge in [-0.05, 0) is 31.0 Å². The molecular formula is C12H15Cl2NO4S. The molecule has 1 aliphatic rings. The molecule has 1 aliphatic heterocycles. The Morgan fingerprint density at radius 3 is 2.45 bits per heavy atom. The molecule has 0 unspecified atom stereocenters. The molecule has 0 spiro atoms. The van der Waals surface area contributed by atoms with E-state index < -0.39 is 15.6 Å². The fraction of sp³-hybridized carbons (Fsp3) is 0.500. The van der Waals surface area contributed by atoms with Crippen LogP contribution in [0.25, 0.3) is 0 Å². The van der Waals surface area contributed by atoms with Crippen molar-refractivity contribution in [3.8, 4) is 0 Å². The third-order valence-electron chi connectivity index (χ3n) is 3.30. The molecule has 2 rings (SSSR count). The van der Waals surface area contributed by atoms with Crippen molar-refractivity contribution in [2.24, 2.45) is 0 Å². The maximum atomic E-state index is 12.4. The van der Waals surface area contributed by atoms with Gasteiger partial charge in [0.1, 0.15) is 0 Å². The van der Waals surface area contributed by atoms with Gasteiger partial charge in [-0.1, -0.05) is 23.2 Å². The van der Waals surface area contributed by atoms with Gasteiger partial charge < -0.3 is 9.84 Å². The first-order valence-electron chi connectivity index (χ1n) is 6.06. The molecular weight excluding hydrogens is 325 g/mol. The molecule has 2 N–H and O–H groups in total. The van der Waals surface area contributed by atoms with Crippen molar-refractivity contribution < 1.29 is 18.3 Å². The number of aliphatic hydroxyl groups is 1. The summed E-state index contributed by atoms with van der Waals surface area (Å²) < 4.78 is 32.5. The first kappa shape index (κ1) is 16.0. The van der Waals surface area contributed by atoms with Crippen LogP contribution >= 0.6 is 23.2 Å². The van der Waals surface area contributed by atoms with Gasteiger partial charge >= 0.3 is 0 Å². The van der Waals surface area contributed by atoms with Gasteiger partial charge in [-0.3, -0.25) is 0 Å². The van der Waals surface area contributed by atoms with Crippen molar-refractivity contribution in [1.29, 1.82) is 0 Å².